The summed E-state index contributed by atoms with van der Waals surface area (Å²) in [6.07, 6.45) is 0.524. The molecule has 1 amide bonds. The zero-order valence-electron chi connectivity index (χ0n) is 15.0. The average Bonchev–Trinajstić information content (AvgIpc) is 2.58. The van der Waals surface area contributed by atoms with Crippen molar-refractivity contribution in [3.63, 3.8) is 0 Å². The van der Waals surface area contributed by atoms with Crippen LogP contribution >= 0.6 is 0 Å². The minimum atomic E-state index is -3.38. The number of aryl methyl sites for hydroxylation is 1. The van der Waals surface area contributed by atoms with Gasteiger partial charge in [-0.25, -0.2) is 8.42 Å². The fourth-order valence-electron chi connectivity index (χ4n) is 2.36. The van der Waals surface area contributed by atoms with Crippen molar-refractivity contribution >= 4 is 21.6 Å². The summed E-state index contributed by atoms with van der Waals surface area (Å²) in [5.74, 6) is 0.515. The monoisotopic (exact) mass is 376 g/mol. The molecule has 0 saturated carbocycles. The van der Waals surface area contributed by atoms with Gasteiger partial charge >= 0.3 is 0 Å². The van der Waals surface area contributed by atoms with E-state index in [1.807, 2.05) is 31.2 Å². The summed E-state index contributed by atoms with van der Waals surface area (Å²) in [7, 11) is -3.38. The Kier molecular flexibility index (Phi) is 7.03. The molecule has 2 aromatic carbocycles. The molecule has 0 atom stereocenters. The highest BCUT2D eigenvalue weighted by atomic mass is 32.2. The Bertz CT molecular complexity index is 850. The predicted molar refractivity (Wildman–Crippen MR) is 103 cm³/mol. The van der Waals surface area contributed by atoms with Gasteiger partial charge in [0.15, 0.2) is 0 Å². The maximum Gasteiger partial charge on any atom is 0.251 e. The Labute approximate surface area is 154 Å². The number of benzene rings is 2. The van der Waals surface area contributed by atoms with Crippen molar-refractivity contribution in [2.75, 3.05) is 23.6 Å². The number of hydrogen-bond acceptors (Lipinski definition) is 4. The Balaban J connectivity index is 1.86. The lowest BCUT2D eigenvalue weighted by Gasteiger charge is -2.10. The van der Waals surface area contributed by atoms with E-state index in [9.17, 15) is 13.2 Å². The zero-order chi connectivity index (χ0) is 19.0. The van der Waals surface area contributed by atoms with Crippen LogP contribution in [0.5, 0.6) is 5.75 Å². The second-order valence-corrected chi connectivity index (χ2v) is 7.76. The summed E-state index contributed by atoms with van der Waals surface area (Å²) < 4.78 is 31.7. The van der Waals surface area contributed by atoms with Crippen LogP contribution in [0.15, 0.2) is 48.5 Å². The summed E-state index contributed by atoms with van der Waals surface area (Å²) in [4.78, 5) is 12.2. The SMILES string of the molecule is CCCS(=O)(=O)Nc1cccc(C(=O)NCCOc2cccc(C)c2)c1. The smallest absolute Gasteiger partial charge is 0.251 e. The van der Waals surface area contributed by atoms with Gasteiger partial charge in [0.25, 0.3) is 5.91 Å². The molecule has 140 valence electrons. The lowest BCUT2D eigenvalue weighted by Crippen LogP contribution is -2.28. The van der Waals surface area contributed by atoms with Gasteiger partial charge in [0, 0.05) is 11.3 Å². The second-order valence-electron chi connectivity index (χ2n) is 5.92. The molecule has 0 aliphatic rings. The van der Waals surface area contributed by atoms with E-state index in [2.05, 4.69) is 10.0 Å². The molecule has 26 heavy (non-hydrogen) atoms. The van der Waals surface area contributed by atoms with Crippen LogP contribution in [0.4, 0.5) is 5.69 Å². The van der Waals surface area contributed by atoms with Crippen LogP contribution in [0.2, 0.25) is 0 Å². The van der Waals surface area contributed by atoms with Crippen molar-refractivity contribution in [2.24, 2.45) is 0 Å². The number of amides is 1. The van der Waals surface area contributed by atoms with Gasteiger partial charge in [0.2, 0.25) is 10.0 Å². The van der Waals surface area contributed by atoms with Gasteiger partial charge in [0.1, 0.15) is 12.4 Å². The molecule has 0 heterocycles. The molecule has 0 saturated heterocycles. The van der Waals surface area contributed by atoms with E-state index in [-0.39, 0.29) is 11.7 Å². The normalized spacial score (nSPS) is 11.0. The number of hydrogen-bond donors (Lipinski definition) is 2. The molecule has 0 spiro atoms. The maximum absolute atomic E-state index is 12.2. The first-order valence-corrected chi connectivity index (χ1v) is 10.1. The van der Waals surface area contributed by atoms with E-state index in [1.54, 1.807) is 25.1 Å². The highest BCUT2D eigenvalue weighted by Gasteiger charge is 2.11. The summed E-state index contributed by atoms with van der Waals surface area (Å²) in [6, 6.07) is 14.1. The van der Waals surface area contributed by atoms with Gasteiger partial charge in [-0.3, -0.25) is 9.52 Å². The number of sulfonamides is 1. The Hall–Kier alpha value is -2.54. The van der Waals surface area contributed by atoms with Crippen LogP contribution in [-0.2, 0) is 10.0 Å². The van der Waals surface area contributed by atoms with E-state index in [0.717, 1.165) is 11.3 Å². The molecule has 0 bridgehead atoms. The highest BCUT2D eigenvalue weighted by molar-refractivity contribution is 7.92. The summed E-state index contributed by atoms with van der Waals surface area (Å²) in [5, 5.41) is 2.76. The van der Waals surface area contributed by atoms with Gasteiger partial charge in [0.05, 0.1) is 12.3 Å². The Morgan fingerprint density at radius 2 is 1.88 bits per heavy atom. The molecule has 2 N–H and O–H groups in total. The molecule has 2 aromatic rings. The van der Waals surface area contributed by atoms with Gasteiger partial charge < -0.3 is 10.1 Å². The fourth-order valence-corrected chi connectivity index (χ4v) is 3.49. The molecular formula is C19H24N2O4S. The number of ether oxygens (including phenoxy) is 1. The first kappa shape index (κ1) is 19.8. The molecule has 7 heteroatoms. The quantitative estimate of drug-likeness (QED) is 0.659. The largest absolute Gasteiger partial charge is 0.492 e. The van der Waals surface area contributed by atoms with E-state index >= 15 is 0 Å². The lowest BCUT2D eigenvalue weighted by molar-refractivity contribution is 0.0947. The van der Waals surface area contributed by atoms with Crippen LogP contribution in [-0.4, -0.2) is 33.2 Å². The second kappa shape index (κ2) is 9.24. The first-order valence-electron chi connectivity index (χ1n) is 8.48. The number of carbonyl (C=O) groups is 1. The van der Waals surface area contributed by atoms with Crippen LogP contribution in [0.1, 0.15) is 29.3 Å². The Morgan fingerprint density at radius 1 is 1.12 bits per heavy atom. The van der Waals surface area contributed by atoms with Crippen molar-refractivity contribution in [1.82, 2.24) is 5.32 Å². The molecule has 0 unspecified atom stereocenters. The molecular weight excluding hydrogens is 352 g/mol. The van der Waals surface area contributed by atoms with Crippen molar-refractivity contribution < 1.29 is 17.9 Å². The zero-order valence-corrected chi connectivity index (χ0v) is 15.8. The van der Waals surface area contributed by atoms with Crippen LogP contribution in [0.25, 0.3) is 0 Å². The fraction of sp³-hybridized carbons (Fsp3) is 0.316. The highest BCUT2D eigenvalue weighted by Crippen LogP contribution is 2.13. The Morgan fingerprint density at radius 3 is 2.62 bits per heavy atom. The molecule has 0 aliphatic carbocycles. The van der Waals surface area contributed by atoms with Crippen molar-refractivity contribution in [3.05, 3.63) is 59.7 Å². The average molecular weight is 376 g/mol. The number of rotatable bonds is 9. The minimum Gasteiger partial charge on any atom is -0.492 e. The number of anilines is 1. The van der Waals surface area contributed by atoms with Gasteiger partial charge in [-0.1, -0.05) is 25.1 Å². The van der Waals surface area contributed by atoms with Gasteiger partial charge in [-0.15, -0.1) is 0 Å². The molecule has 0 aliphatic heterocycles. The van der Waals surface area contributed by atoms with E-state index in [0.29, 0.717) is 30.8 Å². The topological polar surface area (TPSA) is 84.5 Å². The molecule has 2 rings (SSSR count). The van der Waals surface area contributed by atoms with Crippen LogP contribution in [0, 0.1) is 6.92 Å². The molecule has 0 aromatic heterocycles. The van der Waals surface area contributed by atoms with Crippen LogP contribution in [0.3, 0.4) is 0 Å². The summed E-state index contributed by atoms with van der Waals surface area (Å²) in [5.41, 5.74) is 1.87. The third-order valence-corrected chi connectivity index (χ3v) is 5.01. The summed E-state index contributed by atoms with van der Waals surface area (Å²) >= 11 is 0. The first-order chi connectivity index (χ1) is 12.4. The van der Waals surface area contributed by atoms with E-state index < -0.39 is 10.0 Å². The lowest BCUT2D eigenvalue weighted by atomic mass is 10.2. The van der Waals surface area contributed by atoms with E-state index in [4.69, 9.17) is 4.74 Å². The third kappa shape index (κ3) is 6.40. The number of carbonyl (C=O) groups excluding carboxylic acids is 1. The molecule has 6 nitrogen and oxygen atoms in total. The standard InChI is InChI=1S/C19H24N2O4S/c1-3-12-26(23,24)21-17-8-5-7-16(14-17)19(22)20-10-11-25-18-9-4-6-15(2)13-18/h4-9,13-14,21H,3,10-12H2,1-2H3,(H,20,22). The van der Waals surface area contributed by atoms with Gasteiger partial charge in [-0.05, 0) is 49.2 Å². The van der Waals surface area contributed by atoms with Crippen LogP contribution < -0.4 is 14.8 Å². The van der Waals surface area contributed by atoms with Crippen molar-refractivity contribution in [2.45, 2.75) is 20.3 Å². The third-order valence-electron chi connectivity index (χ3n) is 3.52. The van der Waals surface area contributed by atoms with E-state index in [1.165, 1.54) is 6.07 Å². The molecule has 0 radical (unpaired) electrons. The van der Waals surface area contributed by atoms with Crippen molar-refractivity contribution in [1.29, 1.82) is 0 Å². The summed E-state index contributed by atoms with van der Waals surface area (Å²) in [6.45, 7) is 4.47. The predicted octanol–water partition coefficient (Wildman–Crippen LogP) is 2.96. The minimum absolute atomic E-state index is 0.0414. The van der Waals surface area contributed by atoms with Crippen molar-refractivity contribution in [3.8, 4) is 5.75 Å². The van der Waals surface area contributed by atoms with Gasteiger partial charge in [-0.2, -0.15) is 0 Å². The number of nitrogens with one attached hydrogen (secondary N) is 2. The maximum atomic E-state index is 12.2. The molecule has 0 fully saturated rings.